The molecule has 2 aromatic carbocycles. The van der Waals surface area contributed by atoms with Crippen molar-refractivity contribution >= 4 is 35.0 Å². The van der Waals surface area contributed by atoms with Crippen molar-refractivity contribution in [3.05, 3.63) is 59.7 Å². The minimum absolute atomic E-state index is 0.0638. The van der Waals surface area contributed by atoms with Crippen molar-refractivity contribution in [3.8, 4) is 0 Å². The Morgan fingerprint density at radius 1 is 1.18 bits per heavy atom. The standard InChI is InChI=1S/C23H26N2O2S/c1-2-7-16-8-3-4-13-20(16)25-21(26)15-28-23(25)18-11-6-12-19(14-18)24-22(27)17-9-5-10-17/h3-4,6,8,11-14,17,23H,2,5,7,9-10,15H2,1H3,(H,24,27)/t23-/m0/s1. The highest BCUT2D eigenvalue weighted by atomic mass is 32.2. The third-order valence-electron chi connectivity index (χ3n) is 5.55. The number of anilines is 2. The van der Waals surface area contributed by atoms with Gasteiger partial charge in [0.25, 0.3) is 0 Å². The quantitative estimate of drug-likeness (QED) is 0.736. The molecular weight excluding hydrogens is 368 g/mol. The lowest BCUT2D eigenvalue weighted by atomic mass is 9.85. The number of carbonyl (C=O) groups excluding carboxylic acids is 2. The molecule has 0 aromatic heterocycles. The molecule has 5 heteroatoms. The number of thioether (sulfide) groups is 1. The first-order valence-electron chi connectivity index (χ1n) is 10.1. The molecule has 1 atom stereocenters. The molecule has 1 N–H and O–H groups in total. The number of aryl methyl sites for hydroxylation is 1. The Labute approximate surface area is 170 Å². The van der Waals surface area contributed by atoms with E-state index in [1.807, 2.05) is 47.4 Å². The molecule has 0 spiro atoms. The third-order valence-corrected chi connectivity index (χ3v) is 6.77. The lowest BCUT2D eigenvalue weighted by molar-refractivity contribution is -0.122. The van der Waals surface area contributed by atoms with Crippen molar-refractivity contribution in [2.45, 2.75) is 44.4 Å². The van der Waals surface area contributed by atoms with Gasteiger partial charge in [-0.3, -0.25) is 14.5 Å². The van der Waals surface area contributed by atoms with Gasteiger partial charge in [-0.15, -0.1) is 11.8 Å². The van der Waals surface area contributed by atoms with E-state index in [2.05, 4.69) is 18.3 Å². The van der Waals surface area contributed by atoms with Gasteiger partial charge in [-0.1, -0.05) is 50.1 Å². The maximum absolute atomic E-state index is 12.7. The number of carbonyl (C=O) groups is 2. The summed E-state index contributed by atoms with van der Waals surface area (Å²) >= 11 is 1.65. The zero-order valence-electron chi connectivity index (χ0n) is 16.2. The van der Waals surface area contributed by atoms with E-state index in [9.17, 15) is 9.59 Å². The molecule has 1 saturated heterocycles. The summed E-state index contributed by atoms with van der Waals surface area (Å²) in [6.07, 6.45) is 5.11. The van der Waals surface area contributed by atoms with E-state index in [-0.39, 0.29) is 23.1 Å². The second-order valence-corrected chi connectivity index (χ2v) is 8.62. The number of hydrogen-bond donors (Lipinski definition) is 1. The first-order chi connectivity index (χ1) is 13.7. The SMILES string of the molecule is CCCc1ccccc1N1C(=O)CS[C@H]1c1cccc(NC(=O)C2CCC2)c1. The first-order valence-corrected chi connectivity index (χ1v) is 11.1. The molecule has 4 rings (SSSR count). The molecule has 4 nitrogen and oxygen atoms in total. The highest BCUT2D eigenvalue weighted by Crippen LogP contribution is 2.43. The number of hydrogen-bond acceptors (Lipinski definition) is 3. The molecule has 2 amide bonds. The van der Waals surface area contributed by atoms with Gasteiger partial charge in [0.1, 0.15) is 5.37 Å². The van der Waals surface area contributed by atoms with E-state index in [1.165, 1.54) is 5.56 Å². The van der Waals surface area contributed by atoms with Crippen LogP contribution in [0, 0.1) is 5.92 Å². The maximum Gasteiger partial charge on any atom is 0.238 e. The van der Waals surface area contributed by atoms with Crippen LogP contribution >= 0.6 is 11.8 Å². The van der Waals surface area contributed by atoms with Gasteiger partial charge in [0, 0.05) is 17.3 Å². The fourth-order valence-electron chi connectivity index (χ4n) is 3.84. The summed E-state index contributed by atoms with van der Waals surface area (Å²) in [4.78, 5) is 27.0. The predicted octanol–water partition coefficient (Wildman–Crippen LogP) is 5.16. The average Bonchev–Trinajstić information content (AvgIpc) is 3.02. The Balaban J connectivity index is 1.60. The zero-order chi connectivity index (χ0) is 19.5. The lowest BCUT2D eigenvalue weighted by Crippen LogP contribution is -2.29. The Hall–Kier alpha value is -2.27. The zero-order valence-corrected chi connectivity index (χ0v) is 17.0. The molecule has 0 bridgehead atoms. The van der Waals surface area contributed by atoms with Crippen molar-refractivity contribution < 1.29 is 9.59 Å². The van der Waals surface area contributed by atoms with E-state index < -0.39 is 0 Å². The monoisotopic (exact) mass is 394 g/mol. The van der Waals surface area contributed by atoms with Gasteiger partial charge in [-0.25, -0.2) is 0 Å². The molecule has 1 aliphatic carbocycles. The molecule has 2 aromatic rings. The molecule has 28 heavy (non-hydrogen) atoms. The highest BCUT2D eigenvalue weighted by Gasteiger charge is 2.35. The minimum atomic E-state index is -0.0638. The van der Waals surface area contributed by atoms with Crippen LogP contribution in [-0.4, -0.2) is 17.6 Å². The predicted molar refractivity (Wildman–Crippen MR) is 116 cm³/mol. The summed E-state index contributed by atoms with van der Waals surface area (Å²) in [5.74, 6) is 0.888. The normalized spacial score (nSPS) is 19.5. The van der Waals surface area contributed by atoms with Crippen LogP contribution in [0.2, 0.25) is 0 Å². The van der Waals surface area contributed by atoms with E-state index in [0.717, 1.165) is 49.0 Å². The van der Waals surface area contributed by atoms with E-state index in [0.29, 0.717) is 5.75 Å². The van der Waals surface area contributed by atoms with Crippen molar-refractivity contribution in [3.63, 3.8) is 0 Å². The van der Waals surface area contributed by atoms with Gasteiger partial charge in [-0.05, 0) is 48.6 Å². The number of amides is 2. The van der Waals surface area contributed by atoms with Gasteiger partial charge >= 0.3 is 0 Å². The van der Waals surface area contributed by atoms with Crippen molar-refractivity contribution in [1.82, 2.24) is 0 Å². The van der Waals surface area contributed by atoms with Crippen LogP contribution in [0.3, 0.4) is 0 Å². The Bertz CT molecular complexity index is 878. The largest absolute Gasteiger partial charge is 0.326 e. The number of nitrogens with one attached hydrogen (secondary N) is 1. The summed E-state index contributed by atoms with van der Waals surface area (Å²) in [6.45, 7) is 2.16. The fraction of sp³-hybridized carbons (Fsp3) is 0.391. The van der Waals surface area contributed by atoms with Crippen molar-refractivity contribution in [2.24, 2.45) is 5.92 Å². The number of nitrogens with zero attached hydrogens (tertiary/aromatic N) is 1. The Kier molecular flexibility index (Phi) is 5.72. The van der Waals surface area contributed by atoms with E-state index in [4.69, 9.17) is 0 Å². The first kappa shape index (κ1) is 19.1. The third kappa shape index (κ3) is 3.81. The second kappa shape index (κ2) is 8.39. The molecule has 1 saturated carbocycles. The summed E-state index contributed by atoms with van der Waals surface area (Å²) < 4.78 is 0. The van der Waals surface area contributed by atoms with Crippen LogP contribution in [0.15, 0.2) is 48.5 Å². The summed E-state index contributed by atoms with van der Waals surface area (Å²) in [5, 5.41) is 2.99. The second-order valence-electron chi connectivity index (χ2n) is 7.55. The number of rotatable bonds is 6. The topological polar surface area (TPSA) is 49.4 Å². The molecule has 0 radical (unpaired) electrons. The molecule has 2 fully saturated rings. The summed E-state index contributed by atoms with van der Waals surface area (Å²) in [6, 6.07) is 16.1. The van der Waals surface area contributed by atoms with Crippen LogP contribution in [0.5, 0.6) is 0 Å². The molecular formula is C23H26N2O2S. The molecule has 146 valence electrons. The molecule has 0 unspecified atom stereocenters. The molecule has 2 aliphatic rings. The average molecular weight is 395 g/mol. The summed E-state index contributed by atoms with van der Waals surface area (Å²) in [7, 11) is 0. The van der Waals surface area contributed by atoms with Gasteiger partial charge in [0.2, 0.25) is 11.8 Å². The van der Waals surface area contributed by atoms with Gasteiger partial charge < -0.3 is 5.32 Å². The molecule has 1 aliphatic heterocycles. The number of para-hydroxylation sites is 1. The van der Waals surface area contributed by atoms with Crippen molar-refractivity contribution in [1.29, 1.82) is 0 Å². The molecule has 1 heterocycles. The van der Waals surface area contributed by atoms with Crippen LogP contribution in [0.1, 0.15) is 49.1 Å². The van der Waals surface area contributed by atoms with Crippen LogP contribution in [-0.2, 0) is 16.0 Å². The summed E-state index contributed by atoms with van der Waals surface area (Å²) in [5.41, 5.74) is 4.08. The van der Waals surface area contributed by atoms with Crippen LogP contribution in [0.25, 0.3) is 0 Å². The van der Waals surface area contributed by atoms with Crippen LogP contribution < -0.4 is 10.2 Å². The minimum Gasteiger partial charge on any atom is -0.326 e. The number of benzene rings is 2. The van der Waals surface area contributed by atoms with Gasteiger partial charge in [0.05, 0.1) is 5.75 Å². The maximum atomic E-state index is 12.7. The van der Waals surface area contributed by atoms with Gasteiger partial charge in [0.15, 0.2) is 0 Å². The van der Waals surface area contributed by atoms with E-state index >= 15 is 0 Å². The fourth-order valence-corrected chi connectivity index (χ4v) is 5.00. The Morgan fingerprint density at radius 2 is 2.00 bits per heavy atom. The highest BCUT2D eigenvalue weighted by molar-refractivity contribution is 8.00. The van der Waals surface area contributed by atoms with E-state index in [1.54, 1.807) is 11.8 Å². The van der Waals surface area contributed by atoms with Gasteiger partial charge in [-0.2, -0.15) is 0 Å². The van der Waals surface area contributed by atoms with Crippen LogP contribution in [0.4, 0.5) is 11.4 Å². The lowest BCUT2D eigenvalue weighted by Gasteiger charge is -2.27. The smallest absolute Gasteiger partial charge is 0.238 e. The van der Waals surface area contributed by atoms with Crippen molar-refractivity contribution in [2.75, 3.05) is 16.0 Å². The Morgan fingerprint density at radius 3 is 2.75 bits per heavy atom.